The van der Waals surface area contributed by atoms with Gasteiger partial charge in [-0.1, -0.05) is 0 Å². The van der Waals surface area contributed by atoms with E-state index < -0.39 is 60.6 Å². The number of ether oxygens (including phenoxy) is 1. The van der Waals surface area contributed by atoms with Gasteiger partial charge >= 0.3 is 12.4 Å². The van der Waals surface area contributed by atoms with E-state index in [1.165, 1.54) is 6.92 Å². The average Bonchev–Trinajstić information content (AvgIpc) is 3.03. The van der Waals surface area contributed by atoms with Crippen molar-refractivity contribution in [1.29, 1.82) is 0 Å². The van der Waals surface area contributed by atoms with E-state index in [2.05, 4.69) is 25.3 Å². The van der Waals surface area contributed by atoms with E-state index >= 15 is 0 Å². The van der Waals surface area contributed by atoms with Crippen LogP contribution in [0.15, 0.2) is 30.6 Å². The van der Waals surface area contributed by atoms with Crippen LogP contribution in [0.2, 0.25) is 0 Å². The third kappa shape index (κ3) is 5.68. The Morgan fingerprint density at radius 3 is 2.52 bits per heavy atom. The van der Waals surface area contributed by atoms with Gasteiger partial charge in [0.15, 0.2) is 6.61 Å². The Kier molecular flexibility index (Phi) is 6.53. The summed E-state index contributed by atoms with van der Waals surface area (Å²) in [5.74, 6) is -4.26. The van der Waals surface area contributed by atoms with Crippen molar-refractivity contribution in [2.75, 3.05) is 11.9 Å². The van der Waals surface area contributed by atoms with E-state index in [1.54, 1.807) is 0 Å². The first-order chi connectivity index (χ1) is 15.2. The van der Waals surface area contributed by atoms with E-state index in [9.17, 15) is 35.5 Å². The van der Waals surface area contributed by atoms with Crippen LogP contribution in [0, 0.1) is 11.7 Å². The molecule has 1 aliphatic heterocycles. The molecule has 0 saturated carbocycles. The molecule has 3 atom stereocenters. The molecule has 1 aliphatic rings. The molecule has 0 spiro atoms. The van der Waals surface area contributed by atoms with Crippen LogP contribution in [0.3, 0.4) is 0 Å². The number of amides is 1. The van der Waals surface area contributed by atoms with Gasteiger partial charge in [-0.25, -0.2) is 14.4 Å². The number of benzene rings is 1. The smallest absolute Gasteiger partial charge is 0.422 e. The highest BCUT2D eigenvalue weighted by Gasteiger charge is 2.57. The number of rotatable bonds is 5. The van der Waals surface area contributed by atoms with E-state index in [0.29, 0.717) is 0 Å². The summed E-state index contributed by atoms with van der Waals surface area (Å²) in [5.41, 5.74) is 3.05. The number of nitrogens with zero attached hydrogens (tertiary/aromatic N) is 2. The molecule has 0 bridgehead atoms. The number of hydrogen-bond acceptors (Lipinski definition) is 6. The van der Waals surface area contributed by atoms with Gasteiger partial charge in [0.2, 0.25) is 5.88 Å². The van der Waals surface area contributed by atoms with Gasteiger partial charge < -0.3 is 15.8 Å². The quantitative estimate of drug-likeness (QED) is 0.566. The lowest BCUT2D eigenvalue weighted by Crippen LogP contribution is -2.47. The highest BCUT2D eigenvalue weighted by Crippen LogP contribution is 2.47. The second-order valence-electron chi connectivity index (χ2n) is 7.58. The topological polar surface area (TPSA) is 102 Å². The molecule has 4 N–H and O–H groups in total. The number of anilines is 1. The van der Waals surface area contributed by atoms with Crippen LogP contribution >= 0.6 is 0 Å². The monoisotopic (exact) mass is 481 g/mol. The fraction of sp³-hybridized carbons (Fsp3) is 0.421. The Labute approximate surface area is 182 Å². The van der Waals surface area contributed by atoms with Crippen LogP contribution in [0.4, 0.5) is 36.4 Å². The molecule has 180 valence electrons. The predicted molar refractivity (Wildman–Crippen MR) is 101 cm³/mol. The Hall–Kier alpha value is -3.00. The second kappa shape index (κ2) is 8.74. The zero-order valence-corrected chi connectivity index (χ0v) is 16.9. The van der Waals surface area contributed by atoms with Gasteiger partial charge in [-0.05, 0) is 31.5 Å². The van der Waals surface area contributed by atoms with Crippen LogP contribution in [-0.4, -0.2) is 41.0 Å². The van der Waals surface area contributed by atoms with Gasteiger partial charge in [0, 0.05) is 11.3 Å². The number of nitrogens with two attached hydrogens (primary N) is 1. The van der Waals surface area contributed by atoms with Gasteiger partial charge in [-0.15, -0.1) is 0 Å². The van der Waals surface area contributed by atoms with Crippen LogP contribution in [-0.2, 0) is 5.54 Å². The second-order valence-corrected chi connectivity index (χ2v) is 7.58. The van der Waals surface area contributed by atoms with Crippen molar-refractivity contribution in [3.8, 4) is 5.88 Å². The molecule has 1 saturated heterocycles. The van der Waals surface area contributed by atoms with Crippen molar-refractivity contribution in [3.05, 3.63) is 47.7 Å². The summed E-state index contributed by atoms with van der Waals surface area (Å²) in [4.78, 5) is 19.6. The molecule has 2 heterocycles. The zero-order chi connectivity index (χ0) is 24.6. The number of hydrogen-bond donors (Lipinski definition) is 3. The molecular weight excluding hydrogens is 463 g/mol. The van der Waals surface area contributed by atoms with E-state index in [4.69, 9.17) is 5.73 Å². The molecule has 1 fully saturated rings. The summed E-state index contributed by atoms with van der Waals surface area (Å²) in [7, 11) is 0. The molecule has 33 heavy (non-hydrogen) atoms. The highest BCUT2D eigenvalue weighted by atomic mass is 19.4. The maximum absolute atomic E-state index is 14.5. The Morgan fingerprint density at radius 2 is 1.94 bits per heavy atom. The summed E-state index contributed by atoms with van der Waals surface area (Å²) in [6.07, 6.45) is -9.08. The summed E-state index contributed by atoms with van der Waals surface area (Å²) < 4.78 is 96.1. The van der Waals surface area contributed by atoms with E-state index in [0.717, 1.165) is 30.6 Å². The maximum atomic E-state index is 14.5. The molecule has 0 radical (unpaired) electrons. The van der Waals surface area contributed by atoms with Gasteiger partial charge in [-0.3, -0.25) is 10.1 Å². The molecule has 14 heteroatoms. The number of halogens is 7. The van der Waals surface area contributed by atoms with E-state index in [1.807, 2.05) is 0 Å². The molecule has 2 aromatic rings. The predicted octanol–water partition coefficient (Wildman–Crippen LogP) is 3.48. The molecule has 7 nitrogen and oxygen atoms in total. The Balaban J connectivity index is 1.79. The number of alkyl halides is 6. The van der Waals surface area contributed by atoms with Crippen molar-refractivity contribution in [3.63, 3.8) is 0 Å². The van der Waals surface area contributed by atoms with Gasteiger partial charge in [0.1, 0.15) is 11.5 Å². The Bertz CT molecular complexity index is 1010. The van der Waals surface area contributed by atoms with E-state index in [-0.39, 0.29) is 16.9 Å². The minimum absolute atomic E-state index is 0.0416. The lowest BCUT2D eigenvalue weighted by atomic mass is 9.80. The first-order valence-corrected chi connectivity index (χ1v) is 9.42. The molecule has 1 unspecified atom stereocenters. The van der Waals surface area contributed by atoms with Crippen molar-refractivity contribution in [2.24, 2.45) is 11.7 Å². The minimum atomic E-state index is -4.66. The molecule has 3 rings (SSSR count). The number of carbonyl (C=O) groups is 1. The van der Waals surface area contributed by atoms with Gasteiger partial charge in [-0.2, -0.15) is 26.3 Å². The average molecular weight is 481 g/mol. The number of aromatic nitrogens is 2. The van der Waals surface area contributed by atoms with Crippen molar-refractivity contribution >= 4 is 11.6 Å². The zero-order valence-electron chi connectivity index (χ0n) is 16.9. The first-order valence-electron chi connectivity index (χ1n) is 9.42. The normalized spacial score (nSPS) is 23.4. The fourth-order valence-electron chi connectivity index (χ4n) is 3.62. The first kappa shape index (κ1) is 24.6. The molecule has 0 aliphatic carbocycles. The Morgan fingerprint density at radius 1 is 1.24 bits per heavy atom. The lowest BCUT2D eigenvalue weighted by Gasteiger charge is -2.34. The van der Waals surface area contributed by atoms with Crippen molar-refractivity contribution < 1.29 is 40.3 Å². The van der Waals surface area contributed by atoms with Crippen molar-refractivity contribution in [2.45, 2.75) is 37.4 Å². The third-order valence-corrected chi connectivity index (χ3v) is 5.10. The van der Waals surface area contributed by atoms with Crippen LogP contribution in [0.1, 0.15) is 29.4 Å². The summed E-state index contributed by atoms with van der Waals surface area (Å²) in [5, 5.41) is 4.91. The van der Waals surface area contributed by atoms with Crippen LogP contribution < -0.4 is 21.1 Å². The molecule has 1 aromatic carbocycles. The minimum Gasteiger partial charge on any atom is -0.467 e. The fourth-order valence-corrected chi connectivity index (χ4v) is 3.62. The molecule has 1 aromatic heterocycles. The standard InChI is InChI=1S/C19H18F7N5O2/c1-17(13(19(24,25)26)5-14(27)31-17)10-4-9(2-3-11(10)20)30-16(32)12-6-29-15(7-28-12)33-8-18(21,22)23/h2-4,6-7,13-14,31H,5,8,27H2,1H3,(H,30,32)/t13-,14?,17-/m1/s1. The summed E-state index contributed by atoms with van der Waals surface area (Å²) >= 11 is 0. The van der Waals surface area contributed by atoms with Crippen LogP contribution in [0.5, 0.6) is 5.88 Å². The van der Waals surface area contributed by atoms with Gasteiger partial charge in [0.05, 0.1) is 30.0 Å². The number of nitrogens with one attached hydrogen (secondary N) is 2. The number of carbonyl (C=O) groups excluding carboxylic acids is 1. The summed E-state index contributed by atoms with van der Waals surface area (Å²) in [6, 6.07) is 3.08. The SMILES string of the molecule is C[C@]1(c2cc(NC(=O)c3cnc(OCC(F)(F)F)cn3)ccc2F)NC(N)C[C@H]1C(F)(F)F. The molecule has 1 amide bonds. The highest BCUT2D eigenvalue weighted by molar-refractivity contribution is 6.02. The van der Waals surface area contributed by atoms with Crippen LogP contribution in [0.25, 0.3) is 0 Å². The lowest BCUT2D eigenvalue weighted by molar-refractivity contribution is -0.188. The third-order valence-electron chi connectivity index (χ3n) is 5.10. The largest absolute Gasteiger partial charge is 0.467 e. The van der Waals surface area contributed by atoms with Crippen molar-refractivity contribution in [1.82, 2.24) is 15.3 Å². The van der Waals surface area contributed by atoms with Gasteiger partial charge in [0.25, 0.3) is 5.91 Å². The maximum Gasteiger partial charge on any atom is 0.422 e. The summed E-state index contributed by atoms with van der Waals surface area (Å²) in [6.45, 7) is -0.422. The molecular formula is C19H18F7N5O2.